The lowest BCUT2D eigenvalue weighted by molar-refractivity contribution is -0.124. The summed E-state index contributed by atoms with van der Waals surface area (Å²) in [5, 5.41) is 3.38. The quantitative estimate of drug-likeness (QED) is 0.656. The average Bonchev–Trinajstić information content (AvgIpc) is 2.99. The van der Waals surface area contributed by atoms with Crippen LogP contribution in [0.15, 0.2) is 0 Å². The number of primary amides is 1. The van der Waals surface area contributed by atoms with E-state index in [9.17, 15) is 4.79 Å². The van der Waals surface area contributed by atoms with Crippen molar-refractivity contribution in [3.8, 4) is 0 Å². The summed E-state index contributed by atoms with van der Waals surface area (Å²) in [4.78, 5) is 13.8. The van der Waals surface area contributed by atoms with E-state index in [0.29, 0.717) is 6.04 Å². The second-order valence-corrected chi connectivity index (χ2v) is 5.76. The normalized spacial score (nSPS) is 24.4. The van der Waals surface area contributed by atoms with Crippen LogP contribution in [0.2, 0.25) is 0 Å². The minimum atomic E-state index is -0.565. The minimum absolute atomic E-state index is 0.234. The topological polar surface area (TPSA) is 58.4 Å². The van der Waals surface area contributed by atoms with E-state index in [1.54, 1.807) is 0 Å². The Morgan fingerprint density at radius 1 is 1.44 bits per heavy atom. The lowest BCUT2D eigenvalue weighted by atomic mass is 10.0. The number of nitrogens with two attached hydrogens (primary N) is 1. The maximum absolute atomic E-state index is 11.6. The van der Waals surface area contributed by atoms with Crippen LogP contribution < -0.4 is 11.1 Å². The van der Waals surface area contributed by atoms with Crippen LogP contribution >= 0.6 is 0 Å². The molecule has 0 aliphatic heterocycles. The molecule has 2 aliphatic rings. The Morgan fingerprint density at radius 3 is 2.50 bits per heavy atom. The first-order chi connectivity index (χ1) is 7.49. The Hall–Kier alpha value is -0.610. The van der Waals surface area contributed by atoms with Crippen molar-refractivity contribution in [3.05, 3.63) is 0 Å². The Morgan fingerprint density at radius 2 is 2.06 bits per heavy atom. The van der Waals surface area contributed by atoms with Crippen LogP contribution in [0.3, 0.4) is 0 Å². The number of likely N-dealkylation sites (N-methyl/N-ethyl adjacent to an activating group) is 1. The Labute approximate surface area is 97.6 Å². The first-order valence-electron chi connectivity index (χ1n) is 6.26. The van der Waals surface area contributed by atoms with E-state index in [2.05, 4.69) is 17.3 Å². The van der Waals surface area contributed by atoms with Gasteiger partial charge >= 0.3 is 0 Å². The highest BCUT2D eigenvalue weighted by Crippen LogP contribution is 2.30. The molecule has 1 unspecified atom stereocenters. The van der Waals surface area contributed by atoms with E-state index in [-0.39, 0.29) is 5.91 Å². The maximum atomic E-state index is 11.6. The maximum Gasteiger partial charge on any atom is 0.238 e. The number of carbonyl (C=O) groups is 1. The second-order valence-electron chi connectivity index (χ2n) is 5.76. The van der Waals surface area contributed by atoms with Gasteiger partial charge in [-0.05, 0) is 45.6 Å². The fourth-order valence-corrected chi connectivity index (χ4v) is 2.22. The zero-order valence-corrected chi connectivity index (χ0v) is 10.3. The molecular formula is C12H23N3O. The predicted octanol–water partition coefficient (Wildman–Crippen LogP) is 0.324. The Bertz CT molecular complexity index is 273. The summed E-state index contributed by atoms with van der Waals surface area (Å²) in [6, 6.07) is 0.506. The van der Waals surface area contributed by atoms with Gasteiger partial charge in [0.15, 0.2) is 0 Å². The third kappa shape index (κ3) is 3.19. The number of hydrogen-bond acceptors (Lipinski definition) is 3. The molecule has 4 heteroatoms. The third-order valence-corrected chi connectivity index (χ3v) is 3.50. The molecule has 0 aromatic rings. The lowest BCUT2D eigenvalue weighted by Gasteiger charge is -2.32. The molecule has 0 saturated heterocycles. The summed E-state index contributed by atoms with van der Waals surface area (Å²) < 4.78 is 0. The molecule has 2 fully saturated rings. The summed E-state index contributed by atoms with van der Waals surface area (Å²) in [5.41, 5.74) is 4.95. The molecule has 1 amide bonds. The van der Waals surface area contributed by atoms with Gasteiger partial charge in [0.1, 0.15) is 5.54 Å². The van der Waals surface area contributed by atoms with Gasteiger partial charge in [0.25, 0.3) is 0 Å². The van der Waals surface area contributed by atoms with Crippen LogP contribution in [-0.2, 0) is 4.79 Å². The van der Waals surface area contributed by atoms with Crippen LogP contribution in [0.4, 0.5) is 0 Å². The molecular weight excluding hydrogens is 202 g/mol. The molecule has 2 saturated carbocycles. The van der Waals surface area contributed by atoms with Crippen LogP contribution in [-0.4, -0.2) is 42.5 Å². The summed E-state index contributed by atoms with van der Waals surface area (Å²) in [6.45, 7) is 3.74. The number of hydrogen-bond donors (Lipinski definition) is 2. The number of carbonyl (C=O) groups excluding carboxylic acids is 1. The summed E-state index contributed by atoms with van der Waals surface area (Å²) in [7, 11) is 2.08. The summed E-state index contributed by atoms with van der Waals surface area (Å²) in [5.74, 6) is 0.616. The van der Waals surface area contributed by atoms with Crippen molar-refractivity contribution >= 4 is 5.91 Å². The number of rotatable bonds is 7. The van der Waals surface area contributed by atoms with Crippen LogP contribution in [0.1, 0.15) is 32.6 Å². The van der Waals surface area contributed by atoms with Gasteiger partial charge in [-0.2, -0.15) is 0 Å². The molecule has 0 heterocycles. The molecule has 16 heavy (non-hydrogen) atoms. The number of nitrogens with zero attached hydrogens (tertiary/aromatic N) is 1. The van der Waals surface area contributed by atoms with E-state index < -0.39 is 5.54 Å². The minimum Gasteiger partial charge on any atom is -0.368 e. The number of nitrogens with one attached hydrogen (secondary N) is 1. The molecule has 2 aliphatic carbocycles. The predicted molar refractivity (Wildman–Crippen MR) is 64.0 cm³/mol. The Kier molecular flexibility index (Phi) is 3.22. The molecule has 4 nitrogen and oxygen atoms in total. The van der Waals surface area contributed by atoms with Crippen molar-refractivity contribution < 1.29 is 4.79 Å². The zero-order chi connectivity index (χ0) is 11.8. The van der Waals surface area contributed by atoms with E-state index in [0.717, 1.165) is 19.0 Å². The molecule has 0 bridgehead atoms. The second kappa shape index (κ2) is 4.34. The average molecular weight is 225 g/mol. The van der Waals surface area contributed by atoms with Crippen LogP contribution in [0.5, 0.6) is 0 Å². The third-order valence-electron chi connectivity index (χ3n) is 3.50. The highest BCUT2D eigenvalue weighted by Gasteiger charge is 2.38. The molecule has 0 aromatic heterocycles. The standard InChI is InChI=1S/C12H23N3O/c1-12(11(13)16,14-10-5-6-10)8-15(2)7-9-3-4-9/h9-10,14H,3-8H2,1-2H3,(H2,13,16). The Balaban J connectivity index is 1.86. The van der Waals surface area contributed by atoms with Gasteiger partial charge in [0.05, 0.1) is 0 Å². The molecule has 0 aromatic carbocycles. The van der Waals surface area contributed by atoms with E-state index in [1.165, 1.54) is 25.7 Å². The highest BCUT2D eigenvalue weighted by molar-refractivity contribution is 5.84. The fourth-order valence-electron chi connectivity index (χ4n) is 2.22. The molecule has 3 N–H and O–H groups in total. The van der Waals surface area contributed by atoms with E-state index in [4.69, 9.17) is 5.73 Å². The van der Waals surface area contributed by atoms with Crippen molar-refractivity contribution in [1.82, 2.24) is 10.2 Å². The van der Waals surface area contributed by atoms with Crippen molar-refractivity contribution in [2.24, 2.45) is 11.7 Å². The van der Waals surface area contributed by atoms with Crippen LogP contribution in [0.25, 0.3) is 0 Å². The highest BCUT2D eigenvalue weighted by atomic mass is 16.1. The molecule has 92 valence electrons. The number of amides is 1. The summed E-state index contributed by atoms with van der Waals surface area (Å²) >= 11 is 0. The fraction of sp³-hybridized carbons (Fsp3) is 0.917. The molecule has 2 rings (SSSR count). The molecule has 0 radical (unpaired) electrons. The first kappa shape index (κ1) is 11.9. The first-order valence-corrected chi connectivity index (χ1v) is 6.26. The van der Waals surface area contributed by atoms with Gasteiger partial charge in [-0.1, -0.05) is 0 Å². The van der Waals surface area contributed by atoms with Crippen molar-refractivity contribution in [2.45, 2.75) is 44.2 Å². The lowest BCUT2D eigenvalue weighted by Crippen LogP contribution is -2.59. The van der Waals surface area contributed by atoms with Crippen molar-refractivity contribution in [2.75, 3.05) is 20.1 Å². The van der Waals surface area contributed by atoms with Gasteiger partial charge in [-0.15, -0.1) is 0 Å². The molecule has 0 spiro atoms. The molecule has 1 atom stereocenters. The monoisotopic (exact) mass is 225 g/mol. The SMILES string of the molecule is CN(CC1CC1)CC(C)(NC1CC1)C(N)=O. The van der Waals surface area contributed by atoms with Gasteiger partial charge in [0, 0.05) is 19.1 Å². The van der Waals surface area contributed by atoms with Crippen LogP contribution in [0, 0.1) is 5.92 Å². The van der Waals surface area contributed by atoms with Gasteiger partial charge < -0.3 is 10.6 Å². The zero-order valence-electron chi connectivity index (χ0n) is 10.3. The summed E-state index contributed by atoms with van der Waals surface area (Å²) in [6.07, 6.45) is 5.03. The van der Waals surface area contributed by atoms with Crippen molar-refractivity contribution in [1.29, 1.82) is 0 Å². The van der Waals surface area contributed by atoms with Gasteiger partial charge in [-0.25, -0.2) is 0 Å². The smallest absolute Gasteiger partial charge is 0.238 e. The van der Waals surface area contributed by atoms with Crippen molar-refractivity contribution in [3.63, 3.8) is 0 Å². The van der Waals surface area contributed by atoms with E-state index >= 15 is 0 Å². The van der Waals surface area contributed by atoms with Gasteiger partial charge in [-0.3, -0.25) is 10.1 Å². The van der Waals surface area contributed by atoms with Gasteiger partial charge in [0.2, 0.25) is 5.91 Å². The largest absolute Gasteiger partial charge is 0.368 e. The van der Waals surface area contributed by atoms with E-state index in [1.807, 2.05) is 6.92 Å².